The maximum absolute atomic E-state index is 13.7. The summed E-state index contributed by atoms with van der Waals surface area (Å²) in [4.78, 5) is 41.3. The Bertz CT molecular complexity index is 1780. The number of aliphatic hydroxyl groups is 2. The molecule has 4 aromatic rings. The number of aromatic nitrogens is 6. The van der Waals surface area contributed by atoms with Crippen LogP contribution in [0.1, 0.15) is 60.8 Å². The van der Waals surface area contributed by atoms with E-state index < -0.39 is 11.2 Å². The average Bonchev–Trinajstić information content (AvgIpc) is 3.43. The molecule has 0 spiro atoms. The van der Waals surface area contributed by atoms with E-state index in [1.54, 1.807) is 43.1 Å². The number of amides is 1. The molecule has 0 fully saturated rings. The van der Waals surface area contributed by atoms with E-state index in [1.807, 2.05) is 6.07 Å². The number of nitrogens with one attached hydrogen (secondary N) is 1. The van der Waals surface area contributed by atoms with E-state index in [2.05, 4.69) is 43.8 Å². The van der Waals surface area contributed by atoms with Gasteiger partial charge in [-0.15, -0.1) is 0 Å². The highest BCUT2D eigenvalue weighted by atomic mass is 16.3. The summed E-state index contributed by atoms with van der Waals surface area (Å²) in [6.45, 7) is 8.31. The molecule has 1 amide bonds. The lowest BCUT2D eigenvalue weighted by atomic mass is 9.90. The molecular weight excluding hydrogens is 536 g/mol. The Morgan fingerprint density at radius 2 is 1.83 bits per heavy atom. The summed E-state index contributed by atoms with van der Waals surface area (Å²) in [7, 11) is 1.53. The molecule has 3 N–H and O–H groups in total. The molecule has 1 aliphatic heterocycles. The quantitative estimate of drug-likeness (QED) is 0.318. The second kappa shape index (κ2) is 9.85. The Kier molecular flexibility index (Phi) is 6.50. The summed E-state index contributed by atoms with van der Waals surface area (Å²) in [5.74, 6) is 0.733. The predicted octanol–water partition coefficient (Wildman–Crippen LogP) is 2.68. The van der Waals surface area contributed by atoms with E-state index in [9.17, 15) is 19.8 Å². The SMILES string of the molecule is Cn1nc(-c2ccnc(N3CCn4c(cc5c4CC(C)(C)C5)C3=O)c2CO)cc(Nc2ccnc(C(C)(C)O)n2)c1=O. The van der Waals surface area contributed by atoms with Crippen LogP contribution in [0, 0.1) is 5.41 Å². The number of pyridine rings is 1. The molecule has 4 aromatic heterocycles. The molecule has 1 aliphatic carbocycles. The van der Waals surface area contributed by atoms with Crippen LogP contribution in [-0.4, -0.2) is 52.0 Å². The lowest BCUT2D eigenvalue weighted by molar-refractivity contribution is 0.0688. The fourth-order valence-electron chi connectivity index (χ4n) is 5.91. The third kappa shape index (κ3) is 4.76. The van der Waals surface area contributed by atoms with Crippen LogP contribution >= 0.6 is 0 Å². The second-order valence-electron chi connectivity index (χ2n) is 12.3. The number of anilines is 3. The Balaban J connectivity index is 1.36. The zero-order valence-electron chi connectivity index (χ0n) is 24.3. The van der Waals surface area contributed by atoms with Crippen molar-refractivity contribution in [1.29, 1.82) is 0 Å². The summed E-state index contributed by atoms with van der Waals surface area (Å²) in [5, 5.41) is 28.3. The van der Waals surface area contributed by atoms with Crippen molar-refractivity contribution in [1.82, 2.24) is 29.3 Å². The molecular formula is C30H34N8O4. The molecule has 0 atom stereocenters. The lowest BCUT2D eigenvalue weighted by Gasteiger charge is -2.30. The number of fused-ring (bicyclic) bond motifs is 3. The van der Waals surface area contributed by atoms with E-state index in [0.717, 1.165) is 12.8 Å². The van der Waals surface area contributed by atoms with E-state index >= 15 is 0 Å². The Morgan fingerprint density at radius 1 is 1.07 bits per heavy atom. The summed E-state index contributed by atoms with van der Waals surface area (Å²) < 4.78 is 3.33. The third-order valence-corrected chi connectivity index (χ3v) is 7.88. The summed E-state index contributed by atoms with van der Waals surface area (Å²) in [6, 6.07) is 6.87. The largest absolute Gasteiger partial charge is 0.392 e. The Morgan fingerprint density at radius 3 is 2.57 bits per heavy atom. The molecule has 12 heteroatoms. The third-order valence-electron chi connectivity index (χ3n) is 7.88. The average molecular weight is 571 g/mol. The van der Waals surface area contributed by atoms with Crippen molar-refractivity contribution < 1.29 is 15.0 Å². The number of carbonyl (C=O) groups is 1. The predicted molar refractivity (Wildman–Crippen MR) is 156 cm³/mol. The Hall–Kier alpha value is -4.42. The minimum atomic E-state index is -1.26. The van der Waals surface area contributed by atoms with Crippen molar-refractivity contribution in [2.45, 2.75) is 59.3 Å². The number of aliphatic hydroxyl groups excluding tert-OH is 1. The van der Waals surface area contributed by atoms with Gasteiger partial charge in [0.05, 0.1) is 12.3 Å². The van der Waals surface area contributed by atoms with Crippen LogP contribution in [0.25, 0.3) is 11.3 Å². The number of hydrogen-bond acceptors (Lipinski definition) is 9. The molecule has 0 aromatic carbocycles. The van der Waals surface area contributed by atoms with Gasteiger partial charge in [-0.3, -0.25) is 14.5 Å². The Labute approximate surface area is 242 Å². The molecule has 0 radical (unpaired) electrons. The first-order valence-electron chi connectivity index (χ1n) is 13.9. The normalized spacial score (nSPS) is 16.0. The molecule has 0 saturated heterocycles. The van der Waals surface area contributed by atoms with Crippen LogP contribution in [-0.2, 0) is 38.6 Å². The first-order valence-corrected chi connectivity index (χ1v) is 13.9. The zero-order chi connectivity index (χ0) is 30.0. The van der Waals surface area contributed by atoms with Crippen molar-refractivity contribution in [3.63, 3.8) is 0 Å². The van der Waals surface area contributed by atoms with Gasteiger partial charge in [-0.25, -0.2) is 19.6 Å². The van der Waals surface area contributed by atoms with Gasteiger partial charge in [-0.1, -0.05) is 13.8 Å². The van der Waals surface area contributed by atoms with Crippen molar-refractivity contribution in [2.75, 3.05) is 16.8 Å². The maximum atomic E-state index is 13.7. The molecule has 42 heavy (non-hydrogen) atoms. The maximum Gasteiger partial charge on any atom is 0.290 e. The van der Waals surface area contributed by atoms with Gasteiger partial charge >= 0.3 is 0 Å². The topological polar surface area (TPSA) is 151 Å². The van der Waals surface area contributed by atoms with Crippen LogP contribution in [0.15, 0.2) is 41.5 Å². The van der Waals surface area contributed by atoms with Gasteiger partial charge in [-0.2, -0.15) is 5.10 Å². The standard InChI is InChI=1S/C30H34N8O4/c1-29(2)14-17-12-22-27(41)38(11-10-37(22)23(17)15-29)25-19(16-39)18(6-8-31-25)20-13-21(26(40)36(5)35-20)33-24-7-9-32-28(34-24)30(3,4)42/h6-9,12-13,39,42H,10-11,14-16H2,1-5H3,(H,32,33,34). The smallest absolute Gasteiger partial charge is 0.290 e. The van der Waals surface area contributed by atoms with Gasteiger partial charge in [0.25, 0.3) is 11.5 Å². The van der Waals surface area contributed by atoms with Crippen LogP contribution in [0.2, 0.25) is 0 Å². The molecule has 6 rings (SSSR count). The van der Waals surface area contributed by atoms with E-state index in [0.29, 0.717) is 47.2 Å². The highest BCUT2D eigenvalue weighted by Crippen LogP contribution is 2.40. The van der Waals surface area contributed by atoms with Crippen LogP contribution in [0.3, 0.4) is 0 Å². The summed E-state index contributed by atoms with van der Waals surface area (Å²) in [5.41, 5.74) is 3.19. The number of aryl methyl sites for hydroxylation is 1. The van der Waals surface area contributed by atoms with Gasteiger partial charge in [0, 0.05) is 49.4 Å². The highest BCUT2D eigenvalue weighted by molar-refractivity contribution is 6.06. The number of rotatable bonds is 6. The van der Waals surface area contributed by atoms with E-state index in [-0.39, 0.29) is 29.4 Å². The van der Waals surface area contributed by atoms with Gasteiger partial charge in [0.1, 0.15) is 28.6 Å². The first kappa shape index (κ1) is 27.7. The van der Waals surface area contributed by atoms with Gasteiger partial charge in [-0.05, 0) is 61.9 Å². The fraction of sp³-hybridized carbons (Fsp3) is 0.400. The van der Waals surface area contributed by atoms with Crippen molar-refractivity contribution >= 4 is 23.2 Å². The minimum Gasteiger partial charge on any atom is -0.392 e. The number of carbonyl (C=O) groups excluding carboxylic acids is 1. The van der Waals surface area contributed by atoms with Crippen molar-refractivity contribution in [3.05, 3.63) is 75.4 Å². The molecule has 0 saturated carbocycles. The van der Waals surface area contributed by atoms with Gasteiger partial charge in [0.2, 0.25) is 0 Å². The van der Waals surface area contributed by atoms with Crippen LogP contribution < -0.4 is 15.8 Å². The first-order chi connectivity index (χ1) is 19.9. The number of nitrogens with zero attached hydrogens (tertiary/aromatic N) is 7. The summed E-state index contributed by atoms with van der Waals surface area (Å²) in [6.07, 6.45) is 4.95. The molecule has 2 aliphatic rings. The number of hydrogen-bond donors (Lipinski definition) is 3. The van der Waals surface area contributed by atoms with E-state index in [1.165, 1.54) is 29.2 Å². The monoisotopic (exact) mass is 570 g/mol. The minimum absolute atomic E-state index is 0.157. The molecule has 218 valence electrons. The van der Waals surface area contributed by atoms with Crippen LogP contribution in [0.5, 0.6) is 0 Å². The van der Waals surface area contributed by atoms with Crippen molar-refractivity contribution in [3.8, 4) is 11.3 Å². The summed E-state index contributed by atoms with van der Waals surface area (Å²) >= 11 is 0. The zero-order valence-corrected chi connectivity index (χ0v) is 24.3. The van der Waals surface area contributed by atoms with Crippen molar-refractivity contribution in [2.24, 2.45) is 12.5 Å². The molecule has 0 unspecified atom stereocenters. The van der Waals surface area contributed by atoms with Gasteiger partial charge < -0.3 is 20.1 Å². The lowest BCUT2D eigenvalue weighted by Crippen LogP contribution is -2.41. The van der Waals surface area contributed by atoms with Crippen LogP contribution in [0.4, 0.5) is 17.3 Å². The molecule has 5 heterocycles. The van der Waals surface area contributed by atoms with Gasteiger partial charge in [0.15, 0.2) is 5.82 Å². The van der Waals surface area contributed by atoms with E-state index in [4.69, 9.17) is 0 Å². The second-order valence-corrected chi connectivity index (χ2v) is 12.3. The molecule has 0 bridgehead atoms. The highest BCUT2D eigenvalue weighted by Gasteiger charge is 2.37. The fourth-order valence-corrected chi connectivity index (χ4v) is 5.91. The molecule has 12 nitrogen and oxygen atoms in total.